The average Bonchev–Trinajstić information content (AvgIpc) is 2.61. The van der Waals surface area contributed by atoms with Gasteiger partial charge in [0.25, 0.3) is 5.91 Å². The van der Waals surface area contributed by atoms with Crippen LogP contribution in [0.4, 0.5) is 0 Å². The third-order valence-corrected chi connectivity index (χ3v) is 3.61. The van der Waals surface area contributed by atoms with Crippen LogP contribution < -0.4 is 5.32 Å². The van der Waals surface area contributed by atoms with Gasteiger partial charge in [-0.1, -0.05) is 0 Å². The molecule has 1 atom stereocenters. The molecule has 1 amide bonds. The topological polar surface area (TPSA) is 77.0 Å². The zero-order valence-corrected chi connectivity index (χ0v) is 12.2. The normalized spacial score (nSPS) is 17.9. The molecular formula is C16H18N4O2. The van der Waals surface area contributed by atoms with Crippen LogP contribution in [0.25, 0.3) is 0 Å². The highest BCUT2D eigenvalue weighted by atomic mass is 16.5. The van der Waals surface area contributed by atoms with Crippen molar-refractivity contribution in [1.82, 2.24) is 20.3 Å². The first kappa shape index (κ1) is 14.6. The van der Waals surface area contributed by atoms with E-state index in [9.17, 15) is 4.79 Å². The van der Waals surface area contributed by atoms with E-state index in [0.717, 1.165) is 31.0 Å². The number of aromatic nitrogens is 3. The second-order valence-electron chi connectivity index (χ2n) is 5.24. The van der Waals surface area contributed by atoms with E-state index in [1.54, 1.807) is 30.7 Å². The van der Waals surface area contributed by atoms with Crippen LogP contribution in [0.3, 0.4) is 0 Å². The lowest BCUT2D eigenvalue weighted by molar-refractivity contribution is 0.0779. The molecule has 0 spiro atoms. The Morgan fingerprint density at radius 2 is 2.32 bits per heavy atom. The molecule has 3 rings (SSSR count). The summed E-state index contributed by atoms with van der Waals surface area (Å²) in [6.45, 7) is 1.86. The summed E-state index contributed by atoms with van der Waals surface area (Å²) >= 11 is 0. The SMILES string of the molecule is O=C(NCc1ccnc(C2CCCOC2)n1)c1cccnc1. The van der Waals surface area contributed by atoms with Gasteiger partial charge in [0, 0.05) is 31.1 Å². The standard InChI is InChI=1S/C16H18N4O2/c21-16(12-3-1-6-17-9-12)19-10-14-5-7-18-15(20-14)13-4-2-8-22-11-13/h1,3,5-7,9,13H,2,4,8,10-11H2,(H,19,21). The molecule has 1 fully saturated rings. The molecule has 0 radical (unpaired) electrons. The maximum Gasteiger partial charge on any atom is 0.253 e. The Labute approximate surface area is 129 Å². The fourth-order valence-corrected chi connectivity index (χ4v) is 2.42. The van der Waals surface area contributed by atoms with Gasteiger partial charge in [-0.2, -0.15) is 0 Å². The zero-order valence-electron chi connectivity index (χ0n) is 12.2. The molecule has 0 bridgehead atoms. The smallest absolute Gasteiger partial charge is 0.253 e. The van der Waals surface area contributed by atoms with Gasteiger partial charge in [-0.15, -0.1) is 0 Å². The van der Waals surface area contributed by atoms with Crippen molar-refractivity contribution < 1.29 is 9.53 Å². The lowest BCUT2D eigenvalue weighted by Crippen LogP contribution is -2.24. The number of nitrogens with one attached hydrogen (secondary N) is 1. The molecule has 0 aliphatic carbocycles. The van der Waals surface area contributed by atoms with Crippen LogP contribution in [0.1, 0.15) is 40.6 Å². The molecule has 1 aliphatic rings. The third-order valence-electron chi connectivity index (χ3n) is 3.61. The van der Waals surface area contributed by atoms with Crippen molar-refractivity contribution >= 4 is 5.91 Å². The second kappa shape index (κ2) is 7.09. The summed E-state index contributed by atoms with van der Waals surface area (Å²) in [5, 5.41) is 2.84. The van der Waals surface area contributed by atoms with Crippen LogP contribution in [0.15, 0.2) is 36.8 Å². The van der Waals surface area contributed by atoms with E-state index in [0.29, 0.717) is 18.7 Å². The van der Waals surface area contributed by atoms with Crippen molar-refractivity contribution in [3.63, 3.8) is 0 Å². The molecule has 114 valence electrons. The predicted molar refractivity (Wildman–Crippen MR) is 80.2 cm³/mol. The van der Waals surface area contributed by atoms with Gasteiger partial charge in [0.2, 0.25) is 0 Å². The molecule has 0 aromatic carbocycles. The number of pyridine rings is 1. The molecule has 1 saturated heterocycles. The Morgan fingerprint density at radius 3 is 3.09 bits per heavy atom. The minimum Gasteiger partial charge on any atom is -0.381 e. The first-order chi connectivity index (χ1) is 10.8. The maximum atomic E-state index is 12.0. The summed E-state index contributed by atoms with van der Waals surface area (Å²) in [6, 6.07) is 5.28. The van der Waals surface area contributed by atoms with Crippen LogP contribution in [-0.4, -0.2) is 34.1 Å². The summed E-state index contributed by atoms with van der Waals surface area (Å²) < 4.78 is 5.48. The number of nitrogens with zero attached hydrogens (tertiary/aromatic N) is 3. The summed E-state index contributed by atoms with van der Waals surface area (Å²) in [4.78, 5) is 24.8. The predicted octanol–water partition coefficient (Wildman–Crippen LogP) is 1.70. The quantitative estimate of drug-likeness (QED) is 0.929. The number of carbonyl (C=O) groups is 1. The number of amides is 1. The largest absolute Gasteiger partial charge is 0.381 e. The van der Waals surface area contributed by atoms with Gasteiger partial charge in [0.1, 0.15) is 5.82 Å². The van der Waals surface area contributed by atoms with Crippen LogP contribution >= 0.6 is 0 Å². The van der Waals surface area contributed by atoms with Gasteiger partial charge in [-0.3, -0.25) is 9.78 Å². The molecule has 0 saturated carbocycles. The van der Waals surface area contributed by atoms with E-state index >= 15 is 0 Å². The highest BCUT2D eigenvalue weighted by Gasteiger charge is 2.18. The number of carbonyl (C=O) groups excluding carboxylic acids is 1. The Hall–Kier alpha value is -2.34. The fourth-order valence-electron chi connectivity index (χ4n) is 2.42. The van der Waals surface area contributed by atoms with Crippen molar-refractivity contribution in [2.45, 2.75) is 25.3 Å². The lowest BCUT2D eigenvalue weighted by atomic mass is 10.0. The van der Waals surface area contributed by atoms with E-state index in [1.165, 1.54) is 0 Å². The van der Waals surface area contributed by atoms with E-state index in [1.807, 2.05) is 6.07 Å². The highest BCUT2D eigenvalue weighted by molar-refractivity contribution is 5.93. The van der Waals surface area contributed by atoms with Gasteiger partial charge >= 0.3 is 0 Å². The Kier molecular flexibility index (Phi) is 4.70. The van der Waals surface area contributed by atoms with E-state index in [-0.39, 0.29) is 11.8 Å². The van der Waals surface area contributed by atoms with Gasteiger partial charge in [0.15, 0.2) is 0 Å². The first-order valence-electron chi connectivity index (χ1n) is 7.41. The molecule has 2 aromatic heterocycles. The molecular weight excluding hydrogens is 280 g/mol. The lowest BCUT2D eigenvalue weighted by Gasteiger charge is -2.20. The summed E-state index contributed by atoms with van der Waals surface area (Å²) in [5.74, 6) is 0.893. The molecule has 1 unspecified atom stereocenters. The van der Waals surface area contributed by atoms with Crippen molar-refractivity contribution in [3.05, 3.63) is 53.9 Å². The molecule has 2 aromatic rings. The average molecular weight is 298 g/mol. The maximum absolute atomic E-state index is 12.0. The number of rotatable bonds is 4. The molecule has 6 heteroatoms. The van der Waals surface area contributed by atoms with Crippen LogP contribution in [0.5, 0.6) is 0 Å². The molecule has 6 nitrogen and oxygen atoms in total. The first-order valence-corrected chi connectivity index (χ1v) is 7.41. The summed E-state index contributed by atoms with van der Waals surface area (Å²) in [5.41, 5.74) is 1.34. The van der Waals surface area contributed by atoms with Gasteiger partial charge in [-0.05, 0) is 31.0 Å². The van der Waals surface area contributed by atoms with E-state index in [4.69, 9.17) is 4.74 Å². The number of ether oxygens (including phenoxy) is 1. The van der Waals surface area contributed by atoms with Crippen LogP contribution in [0, 0.1) is 0 Å². The van der Waals surface area contributed by atoms with Gasteiger partial charge in [0.05, 0.1) is 24.4 Å². The van der Waals surface area contributed by atoms with E-state index < -0.39 is 0 Å². The Bertz CT molecular complexity index is 627. The molecule has 1 N–H and O–H groups in total. The van der Waals surface area contributed by atoms with Crippen molar-refractivity contribution in [2.75, 3.05) is 13.2 Å². The number of hydrogen-bond donors (Lipinski definition) is 1. The molecule has 22 heavy (non-hydrogen) atoms. The van der Waals surface area contributed by atoms with Crippen molar-refractivity contribution in [2.24, 2.45) is 0 Å². The summed E-state index contributed by atoms with van der Waals surface area (Å²) in [7, 11) is 0. The highest BCUT2D eigenvalue weighted by Crippen LogP contribution is 2.22. The van der Waals surface area contributed by atoms with Crippen LogP contribution in [0.2, 0.25) is 0 Å². The summed E-state index contributed by atoms with van der Waals surface area (Å²) in [6.07, 6.45) is 7.00. The van der Waals surface area contributed by atoms with Gasteiger partial charge < -0.3 is 10.1 Å². The Balaban J connectivity index is 1.62. The fraction of sp³-hybridized carbons (Fsp3) is 0.375. The van der Waals surface area contributed by atoms with Gasteiger partial charge in [-0.25, -0.2) is 9.97 Å². The zero-order chi connectivity index (χ0) is 15.2. The Morgan fingerprint density at radius 1 is 1.36 bits per heavy atom. The minimum atomic E-state index is -0.158. The third kappa shape index (κ3) is 3.65. The van der Waals surface area contributed by atoms with Crippen molar-refractivity contribution in [3.8, 4) is 0 Å². The van der Waals surface area contributed by atoms with E-state index in [2.05, 4.69) is 20.3 Å². The molecule has 3 heterocycles. The monoisotopic (exact) mass is 298 g/mol. The van der Waals surface area contributed by atoms with Crippen LogP contribution in [-0.2, 0) is 11.3 Å². The number of hydrogen-bond acceptors (Lipinski definition) is 5. The molecule has 1 aliphatic heterocycles. The van der Waals surface area contributed by atoms with Crippen molar-refractivity contribution in [1.29, 1.82) is 0 Å². The minimum absolute atomic E-state index is 0.158. The second-order valence-corrected chi connectivity index (χ2v) is 5.24.